The van der Waals surface area contributed by atoms with Crippen molar-refractivity contribution in [1.29, 1.82) is 0 Å². The predicted molar refractivity (Wildman–Crippen MR) is 75.5 cm³/mol. The van der Waals surface area contributed by atoms with Crippen molar-refractivity contribution in [2.75, 3.05) is 7.05 Å². The number of benzene rings is 1. The number of aryl methyl sites for hydroxylation is 2. The summed E-state index contributed by atoms with van der Waals surface area (Å²) in [6, 6.07) is 10.3. The lowest BCUT2D eigenvalue weighted by Crippen LogP contribution is -2.07. The zero-order valence-electron chi connectivity index (χ0n) is 11.1. The molecule has 0 spiro atoms. The number of nitrogens with one attached hydrogen (secondary N) is 1. The lowest BCUT2D eigenvalue weighted by molar-refractivity contribution is 0.454. The number of pyridine rings is 1. The van der Waals surface area contributed by atoms with Crippen LogP contribution in [0.2, 0.25) is 0 Å². The third-order valence-corrected chi connectivity index (χ3v) is 3.50. The summed E-state index contributed by atoms with van der Waals surface area (Å²) in [5.74, 6) is 1.58. The van der Waals surface area contributed by atoms with Gasteiger partial charge in [-0.05, 0) is 55.6 Å². The van der Waals surface area contributed by atoms with Crippen molar-refractivity contribution >= 4 is 0 Å². The van der Waals surface area contributed by atoms with Gasteiger partial charge in [-0.2, -0.15) is 0 Å². The molecule has 3 nitrogen and oxygen atoms in total. The molecule has 98 valence electrons. The lowest BCUT2D eigenvalue weighted by atomic mass is 10.1. The van der Waals surface area contributed by atoms with Gasteiger partial charge in [-0.25, -0.2) is 4.98 Å². The maximum Gasteiger partial charge on any atom is 0.223 e. The van der Waals surface area contributed by atoms with Gasteiger partial charge in [-0.3, -0.25) is 0 Å². The van der Waals surface area contributed by atoms with E-state index in [9.17, 15) is 0 Å². The first kappa shape index (κ1) is 12.2. The second-order valence-electron chi connectivity index (χ2n) is 4.88. The van der Waals surface area contributed by atoms with Gasteiger partial charge in [0.1, 0.15) is 5.75 Å². The van der Waals surface area contributed by atoms with Gasteiger partial charge in [0, 0.05) is 18.3 Å². The highest BCUT2D eigenvalue weighted by Crippen LogP contribution is 2.29. The Morgan fingerprint density at radius 2 is 2.11 bits per heavy atom. The van der Waals surface area contributed by atoms with E-state index >= 15 is 0 Å². The van der Waals surface area contributed by atoms with Crippen LogP contribution in [0, 0.1) is 0 Å². The molecule has 3 heteroatoms. The van der Waals surface area contributed by atoms with Crippen molar-refractivity contribution in [3.63, 3.8) is 0 Å². The highest BCUT2D eigenvalue weighted by molar-refractivity contribution is 5.40. The number of rotatable bonds is 4. The van der Waals surface area contributed by atoms with Gasteiger partial charge in [0.15, 0.2) is 0 Å². The molecule has 0 fully saturated rings. The van der Waals surface area contributed by atoms with E-state index in [0.29, 0.717) is 5.88 Å². The fourth-order valence-electron chi connectivity index (χ4n) is 2.56. The van der Waals surface area contributed by atoms with Crippen molar-refractivity contribution in [3.05, 3.63) is 53.2 Å². The van der Waals surface area contributed by atoms with E-state index in [1.54, 1.807) is 6.20 Å². The minimum atomic E-state index is 0.690. The highest BCUT2D eigenvalue weighted by Gasteiger charge is 2.12. The normalized spacial score (nSPS) is 13.3. The van der Waals surface area contributed by atoms with Crippen molar-refractivity contribution in [3.8, 4) is 11.6 Å². The average molecular weight is 254 g/mol. The molecule has 0 aliphatic heterocycles. The zero-order valence-corrected chi connectivity index (χ0v) is 11.1. The molecule has 3 rings (SSSR count). The largest absolute Gasteiger partial charge is 0.439 e. The average Bonchev–Trinajstić information content (AvgIpc) is 2.89. The summed E-state index contributed by atoms with van der Waals surface area (Å²) in [4.78, 5) is 4.32. The molecule has 0 bridgehead atoms. The van der Waals surface area contributed by atoms with E-state index in [-0.39, 0.29) is 0 Å². The maximum atomic E-state index is 5.94. The number of ether oxygens (including phenoxy) is 1. The lowest BCUT2D eigenvalue weighted by Gasteiger charge is -2.10. The minimum Gasteiger partial charge on any atom is -0.439 e. The van der Waals surface area contributed by atoms with Crippen LogP contribution in [-0.2, 0) is 19.4 Å². The molecule has 2 aromatic rings. The molecule has 1 N–H and O–H groups in total. The molecule has 0 amide bonds. The molecular formula is C16H18N2O. The van der Waals surface area contributed by atoms with E-state index in [1.807, 2.05) is 25.2 Å². The molecule has 0 saturated heterocycles. The summed E-state index contributed by atoms with van der Waals surface area (Å²) in [7, 11) is 1.92. The second-order valence-corrected chi connectivity index (χ2v) is 4.88. The number of hydrogen-bond donors (Lipinski definition) is 1. The van der Waals surface area contributed by atoms with Gasteiger partial charge in [-0.1, -0.05) is 12.1 Å². The summed E-state index contributed by atoms with van der Waals surface area (Å²) in [6.07, 6.45) is 5.39. The number of fused-ring (bicyclic) bond motifs is 1. The maximum absolute atomic E-state index is 5.94. The summed E-state index contributed by atoms with van der Waals surface area (Å²) in [5, 5.41) is 3.13. The van der Waals surface area contributed by atoms with Crippen molar-refractivity contribution in [1.82, 2.24) is 10.3 Å². The smallest absolute Gasteiger partial charge is 0.223 e. The summed E-state index contributed by atoms with van der Waals surface area (Å²) >= 11 is 0. The Hall–Kier alpha value is -1.87. The Kier molecular flexibility index (Phi) is 3.47. The van der Waals surface area contributed by atoms with Crippen LogP contribution in [0.25, 0.3) is 0 Å². The minimum absolute atomic E-state index is 0.690. The first-order chi connectivity index (χ1) is 9.36. The van der Waals surface area contributed by atoms with Gasteiger partial charge < -0.3 is 10.1 Å². The third-order valence-electron chi connectivity index (χ3n) is 3.50. The number of hydrogen-bond acceptors (Lipinski definition) is 3. The molecule has 19 heavy (non-hydrogen) atoms. The van der Waals surface area contributed by atoms with Crippen LogP contribution < -0.4 is 10.1 Å². The van der Waals surface area contributed by atoms with Gasteiger partial charge in [0.05, 0.1) is 0 Å². The molecule has 0 saturated carbocycles. The summed E-state index contributed by atoms with van der Waals surface area (Å²) in [5.41, 5.74) is 3.96. The monoisotopic (exact) mass is 254 g/mol. The van der Waals surface area contributed by atoms with Crippen molar-refractivity contribution < 1.29 is 4.74 Å². The molecule has 0 atom stereocenters. The van der Waals surface area contributed by atoms with E-state index in [2.05, 4.69) is 22.4 Å². The van der Waals surface area contributed by atoms with Crippen molar-refractivity contribution in [2.45, 2.75) is 25.8 Å². The van der Waals surface area contributed by atoms with Crippen LogP contribution in [0.15, 0.2) is 36.5 Å². The molecule has 1 aromatic carbocycles. The molecule has 1 aliphatic carbocycles. The molecule has 1 aliphatic rings. The first-order valence-electron chi connectivity index (χ1n) is 6.75. The molecular weight excluding hydrogens is 236 g/mol. The quantitative estimate of drug-likeness (QED) is 0.910. The van der Waals surface area contributed by atoms with Crippen LogP contribution in [0.1, 0.15) is 23.1 Å². The topological polar surface area (TPSA) is 34.2 Å². The van der Waals surface area contributed by atoms with Crippen molar-refractivity contribution in [2.24, 2.45) is 0 Å². The first-order valence-corrected chi connectivity index (χ1v) is 6.75. The fraction of sp³-hybridized carbons (Fsp3) is 0.312. The van der Waals surface area contributed by atoms with Gasteiger partial charge >= 0.3 is 0 Å². The van der Waals surface area contributed by atoms with E-state index in [4.69, 9.17) is 4.74 Å². The molecule has 0 unspecified atom stereocenters. The number of aromatic nitrogens is 1. The Labute approximate surface area is 113 Å². The van der Waals surface area contributed by atoms with Crippen LogP contribution >= 0.6 is 0 Å². The Morgan fingerprint density at radius 3 is 3.00 bits per heavy atom. The molecule has 1 aromatic heterocycles. The van der Waals surface area contributed by atoms with E-state index < -0.39 is 0 Å². The van der Waals surface area contributed by atoms with Crippen LogP contribution in [0.3, 0.4) is 0 Å². The van der Waals surface area contributed by atoms with Gasteiger partial charge in [0.25, 0.3) is 0 Å². The Morgan fingerprint density at radius 1 is 1.21 bits per heavy atom. The standard InChI is InChI=1S/C16H18N2O/c1-17-11-14-6-3-9-18-16(14)19-15-8-7-12-4-2-5-13(12)10-15/h3,6-10,17H,2,4-5,11H2,1H3. The zero-order chi connectivity index (χ0) is 13.1. The van der Waals surface area contributed by atoms with Gasteiger partial charge in [-0.15, -0.1) is 0 Å². The molecule has 1 heterocycles. The second kappa shape index (κ2) is 5.41. The molecule has 0 radical (unpaired) electrons. The van der Waals surface area contributed by atoms with Crippen LogP contribution in [0.4, 0.5) is 0 Å². The Balaban J connectivity index is 1.85. The number of nitrogens with zero attached hydrogens (tertiary/aromatic N) is 1. The predicted octanol–water partition coefficient (Wildman–Crippen LogP) is 3.08. The Bertz CT molecular complexity index is 581. The fourth-order valence-corrected chi connectivity index (χ4v) is 2.56. The van der Waals surface area contributed by atoms with E-state index in [0.717, 1.165) is 24.3 Å². The highest BCUT2D eigenvalue weighted by atomic mass is 16.5. The summed E-state index contributed by atoms with van der Waals surface area (Å²) < 4.78 is 5.94. The summed E-state index contributed by atoms with van der Waals surface area (Å²) in [6.45, 7) is 0.758. The van der Waals surface area contributed by atoms with Crippen LogP contribution in [0.5, 0.6) is 11.6 Å². The van der Waals surface area contributed by atoms with E-state index in [1.165, 1.54) is 24.0 Å². The SMILES string of the molecule is CNCc1cccnc1Oc1ccc2c(c1)CCC2. The van der Waals surface area contributed by atoms with Gasteiger partial charge in [0.2, 0.25) is 5.88 Å². The van der Waals surface area contributed by atoms with Crippen LogP contribution in [-0.4, -0.2) is 12.0 Å². The third kappa shape index (κ3) is 2.61.